The molecular formula is C19H30N2O2. The van der Waals surface area contributed by atoms with Crippen molar-refractivity contribution in [3.05, 3.63) is 35.9 Å². The molecule has 0 radical (unpaired) electrons. The summed E-state index contributed by atoms with van der Waals surface area (Å²) in [6, 6.07) is 9.75. The first-order valence-corrected chi connectivity index (χ1v) is 8.63. The highest BCUT2D eigenvalue weighted by Gasteiger charge is 2.25. The van der Waals surface area contributed by atoms with Crippen LogP contribution in [-0.4, -0.2) is 35.3 Å². The van der Waals surface area contributed by atoms with Gasteiger partial charge in [0.2, 0.25) is 11.8 Å². The highest BCUT2D eigenvalue weighted by Crippen LogP contribution is 2.09. The summed E-state index contributed by atoms with van der Waals surface area (Å²) in [5, 5.41) is 2.97. The van der Waals surface area contributed by atoms with Gasteiger partial charge in [0.05, 0.1) is 0 Å². The Morgan fingerprint density at radius 3 is 2.35 bits per heavy atom. The van der Waals surface area contributed by atoms with Gasteiger partial charge in [0.15, 0.2) is 0 Å². The highest BCUT2D eigenvalue weighted by atomic mass is 16.2. The highest BCUT2D eigenvalue weighted by molar-refractivity contribution is 5.87. The van der Waals surface area contributed by atoms with Crippen LogP contribution in [0.3, 0.4) is 0 Å². The van der Waals surface area contributed by atoms with Gasteiger partial charge in [-0.1, -0.05) is 44.2 Å². The molecule has 128 valence electrons. The summed E-state index contributed by atoms with van der Waals surface area (Å²) in [4.78, 5) is 26.5. The van der Waals surface area contributed by atoms with Crippen LogP contribution < -0.4 is 5.32 Å². The van der Waals surface area contributed by atoms with E-state index in [0.29, 0.717) is 13.0 Å². The summed E-state index contributed by atoms with van der Waals surface area (Å²) in [7, 11) is 0. The van der Waals surface area contributed by atoms with E-state index in [4.69, 9.17) is 0 Å². The quantitative estimate of drug-likeness (QED) is 0.760. The van der Waals surface area contributed by atoms with Crippen LogP contribution in [0.5, 0.6) is 0 Å². The van der Waals surface area contributed by atoms with Gasteiger partial charge >= 0.3 is 0 Å². The van der Waals surface area contributed by atoms with Crippen LogP contribution in [0.2, 0.25) is 0 Å². The third-order valence-corrected chi connectivity index (χ3v) is 4.12. The molecule has 2 amide bonds. The molecular weight excluding hydrogens is 288 g/mol. The van der Waals surface area contributed by atoms with Crippen LogP contribution in [0.15, 0.2) is 30.3 Å². The van der Waals surface area contributed by atoms with Crippen molar-refractivity contribution < 1.29 is 9.59 Å². The molecule has 0 bridgehead atoms. The molecule has 0 aliphatic rings. The lowest BCUT2D eigenvalue weighted by Crippen LogP contribution is -2.50. The lowest BCUT2D eigenvalue weighted by molar-refractivity contribution is -0.140. The molecule has 1 aromatic rings. The normalized spacial score (nSPS) is 13.2. The molecule has 0 fully saturated rings. The van der Waals surface area contributed by atoms with E-state index in [-0.39, 0.29) is 17.9 Å². The van der Waals surface area contributed by atoms with E-state index < -0.39 is 6.04 Å². The molecule has 2 unspecified atom stereocenters. The number of nitrogens with zero attached hydrogens (tertiary/aromatic N) is 1. The molecule has 2 atom stereocenters. The molecule has 1 aromatic carbocycles. The Bertz CT molecular complexity index is 487. The van der Waals surface area contributed by atoms with Crippen molar-refractivity contribution in [1.82, 2.24) is 10.2 Å². The van der Waals surface area contributed by atoms with E-state index in [1.807, 2.05) is 58.0 Å². The number of benzene rings is 1. The smallest absolute Gasteiger partial charge is 0.242 e. The van der Waals surface area contributed by atoms with Crippen LogP contribution >= 0.6 is 0 Å². The second-order valence-corrected chi connectivity index (χ2v) is 6.07. The molecule has 0 saturated carbocycles. The number of hydrogen-bond donors (Lipinski definition) is 1. The number of rotatable bonds is 9. The molecule has 0 saturated heterocycles. The summed E-state index contributed by atoms with van der Waals surface area (Å²) < 4.78 is 0. The van der Waals surface area contributed by atoms with E-state index in [9.17, 15) is 9.59 Å². The Balaban J connectivity index is 2.74. The molecule has 4 heteroatoms. The van der Waals surface area contributed by atoms with Gasteiger partial charge in [0.1, 0.15) is 6.04 Å². The average molecular weight is 318 g/mol. The zero-order valence-electron chi connectivity index (χ0n) is 14.8. The Hall–Kier alpha value is -1.84. The third-order valence-electron chi connectivity index (χ3n) is 4.12. The fourth-order valence-electron chi connectivity index (χ4n) is 2.39. The number of carbonyl (C=O) groups is 2. The van der Waals surface area contributed by atoms with Crippen molar-refractivity contribution in [3.63, 3.8) is 0 Å². The monoisotopic (exact) mass is 318 g/mol. The predicted molar refractivity (Wildman–Crippen MR) is 94.1 cm³/mol. The van der Waals surface area contributed by atoms with Crippen LogP contribution in [0.25, 0.3) is 0 Å². The van der Waals surface area contributed by atoms with Gasteiger partial charge in [-0.25, -0.2) is 0 Å². The number of amides is 2. The van der Waals surface area contributed by atoms with E-state index in [1.54, 1.807) is 4.90 Å². The number of carbonyl (C=O) groups excluding carboxylic acids is 2. The molecule has 23 heavy (non-hydrogen) atoms. The van der Waals surface area contributed by atoms with Gasteiger partial charge < -0.3 is 10.2 Å². The Kier molecular flexibility index (Phi) is 8.38. The maximum atomic E-state index is 12.4. The summed E-state index contributed by atoms with van der Waals surface area (Å²) in [6.07, 6.45) is 2.92. The van der Waals surface area contributed by atoms with Crippen LogP contribution in [0.1, 0.15) is 52.5 Å². The van der Waals surface area contributed by atoms with Gasteiger partial charge in [-0.3, -0.25) is 9.59 Å². The minimum absolute atomic E-state index is 0.0511. The van der Waals surface area contributed by atoms with Crippen LogP contribution in [0.4, 0.5) is 0 Å². The van der Waals surface area contributed by atoms with Gasteiger partial charge in [0, 0.05) is 19.0 Å². The van der Waals surface area contributed by atoms with Crippen molar-refractivity contribution in [2.75, 3.05) is 6.54 Å². The Morgan fingerprint density at radius 1 is 1.13 bits per heavy atom. The zero-order valence-corrected chi connectivity index (χ0v) is 14.8. The van der Waals surface area contributed by atoms with Gasteiger partial charge in [-0.2, -0.15) is 0 Å². The SMILES string of the molecule is CCCC(=O)N(CCc1ccccc1)C(C)C(=O)NC(C)CC. The van der Waals surface area contributed by atoms with Crippen LogP contribution in [-0.2, 0) is 16.0 Å². The van der Waals surface area contributed by atoms with E-state index in [1.165, 1.54) is 5.56 Å². The van der Waals surface area contributed by atoms with Gasteiger partial charge in [-0.05, 0) is 38.7 Å². The first-order chi connectivity index (χ1) is 11.0. The third kappa shape index (κ3) is 6.43. The van der Waals surface area contributed by atoms with Gasteiger partial charge in [-0.15, -0.1) is 0 Å². The van der Waals surface area contributed by atoms with Crippen molar-refractivity contribution in [1.29, 1.82) is 0 Å². The molecule has 1 rings (SSSR count). The topological polar surface area (TPSA) is 49.4 Å². The lowest BCUT2D eigenvalue weighted by atomic mass is 10.1. The van der Waals surface area contributed by atoms with Gasteiger partial charge in [0.25, 0.3) is 0 Å². The van der Waals surface area contributed by atoms with Crippen molar-refractivity contribution >= 4 is 11.8 Å². The molecule has 0 aromatic heterocycles. The zero-order chi connectivity index (χ0) is 17.2. The maximum absolute atomic E-state index is 12.4. The molecule has 0 aliphatic carbocycles. The van der Waals surface area contributed by atoms with E-state index in [2.05, 4.69) is 5.32 Å². The van der Waals surface area contributed by atoms with Crippen molar-refractivity contribution in [2.24, 2.45) is 0 Å². The maximum Gasteiger partial charge on any atom is 0.242 e. The molecule has 1 N–H and O–H groups in total. The summed E-state index contributed by atoms with van der Waals surface area (Å²) >= 11 is 0. The second kappa shape index (κ2) is 10.0. The standard InChI is InChI=1S/C19H30N2O2/c1-5-10-18(22)21(14-13-17-11-8-7-9-12-17)16(4)19(23)20-15(3)6-2/h7-9,11-12,15-16H,5-6,10,13-14H2,1-4H3,(H,20,23). The van der Waals surface area contributed by atoms with E-state index >= 15 is 0 Å². The molecule has 0 aliphatic heterocycles. The largest absolute Gasteiger partial charge is 0.352 e. The fourth-order valence-corrected chi connectivity index (χ4v) is 2.39. The van der Waals surface area contributed by atoms with Crippen LogP contribution in [0, 0.1) is 0 Å². The summed E-state index contributed by atoms with van der Waals surface area (Å²) in [5.41, 5.74) is 1.18. The van der Waals surface area contributed by atoms with Crippen molar-refractivity contribution in [2.45, 2.75) is 65.5 Å². The molecule has 0 heterocycles. The summed E-state index contributed by atoms with van der Waals surface area (Å²) in [6.45, 7) is 8.38. The molecule has 0 spiro atoms. The molecule has 4 nitrogen and oxygen atoms in total. The minimum atomic E-state index is -0.438. The summed E-state index contributed by atoms with van der Waals surface area (Å²) in [5.74, 6) is -0.0212. The van der Waals surface area contributed by atoms with Crippen molar-refractivity contribution in [3.8, 4) is 0 Å². The Labute approximate surface area is 140 Å². The minimum Gasteiger partial charge on any atom is -0.352 e. The average Bonchev–Trinajstić information content (AvgIpc) is 2.55. The second-order valence-electron chi connectivity index (χ2n) is 6.07. The Morgan fingerprint density at radius 2 is 1.78 bits per heavy atom. The number of hydrogen-bond acceptors (Lipinski definition) is 2. The van der Waals surface area contributed by atoms with E-state index in [0.717, 1.165) is 19.3 Å². The first kappa shape index (κ1) is 19.2. The number of nitrogens with one attached hydrogen (secondary N) is 1. The lowest BCUT2D eigenvalue weighted by Gasteiger charge is -2.29. The fraction of sp³-hybridized carbons (Fsp3) is 0.579. The predicted octanol–water partition coefficient (Wildman–Crippen LogP) is 3.16. The first-order valence-electron chi connectivity index (χ1n) is 8.63.